The first-order valence-corrected chi connectivity index (χ1v) is 25.6. The van der Waals surface area contributed by atoms with E-state index in [1.165, 1.54) is 0 Å². The van der Waals surface area contributed by atoms with Gasteiger partial charge in [0.25, 0.3) is 0 Å². The van der Waals surface area contributed by atoms with Crippen LogP contribution in [-0.2, 0) is 6.18 Å². The first-order valence-electron chi connectivity index (χ1n) is 25.6. The number of para-hydroxylation sites is 2. The van der Waals surface area contributed by atoms with Crippen LogP contribution in [0.1, 0.15) is 5.56 Å². The Morgan fingerprint density at radius 2 is 0.588 bits per heavy atom. The van der Waals surface area contributed by atoms with E-state index in [-0.39, 0.29) is 22.5 Å². The lowest BCUT2D eigenvalue weighted by Gasteiger charge is -2.23. The summed E-state index contributed by atoms with van der Waals surface area (Å²) in [4.78, 5) is 29.7. The predicted octanol–water partition coefficient (Wildman–Crippen LogP) is 17.2. The maximum atomic E-state index is 16.0. The van der Waals surface area contributed by atoms with E-state index in [1.807, 2.05) is 194 Å². The molecule has 13 heteroatoms. The molecule has 0 bridgehead atoms. The molecule has 14 rings (SSSR count). The van der Waals surface area contributed by atoms with Gasteiger partial charge in [0.05, 0.1) is 39.0 Å². The highest BCUT2D eigenvalue weighted by Crippen LogP contribution is 2.46. The van der Waals surface area contributed by atoms with Gasteiger partial charge in [-0.05, 0) is 54.1 Å². The highest BCUT2D eigenvalue weighted by molar-refractivity contribution is 6.13. The van der Waals surface area contributed by atoms with Crippen molar-refractivity contribution in [3.8, 4) is 90.8 Å². The van der Waals surface area contributed by atoms with Crippen molar-refractivity contribution in [3.05, 3.63) is 254 Å². The number of alkyl halides is 3. The van der Waals surface area contributed by atoms with Crippen LogP contribution in [0.5, 0.6) is 0 Å². The molecule has 0 saturated carbocycles. The number of nitrogens with zero attached hydrogens (tertiary/aromatic N) is 8. The highest BCUT2D eigenvalue weighted by Gasteiger charge is 2.35. The molecular weight excluding hydrogens is 1010 g/mol. The molecule has 0 saturated heterocycles. The van der Waals surface area contributed by atoms with Crippen molar-refractivity contribution in [1.82, 2.24) is 39.0 Å². The molecule has 0 fully saturated rings. The van der Waals surface area contributed by atoms with Crippen molar-refractivity contribution in [1.29, 1.82) is 0 Å². The summed E-state index contributed by atoms with van der Waals surface area (Å²) in [5.74, 6) is 0.499. The minimum atomic E-state index is -4.91. The van der Waals surface area contributed by atoms with Crippen LogP contribution in [0.3, 0.4) is 0 Å². The van der Waals surface area contributed by atoms with Crippen LogP contribution < -0.4 is 0 Å². The molecule has 0 radical (unpaired) electrons. The van der Waals surface area contributed by atoms with Crippen LogP contribution in [0.25, 0.3) is 134 Å². The molecule has 0 atom stereocenters. The van der Waals surface area contributed by atoms with Crippen molar-refractivity contribution in [2.24, 2.45) is 0 Å². The normalized spacial score (nSPS) is 11.8. The van der Waals surface area contributed by atoms with E-state index in [1.54, 1.807) is 21.3 Å². The zero-order valence-corrected chi connectivity index (χ0v) is 42.0. The van der Waals surface area contributed by atoms with Crippen LogP contribution in [0, 0.1) is 11.6 Å². The van der Waals surface area contributed by atoms with Crippen molar-refractivity contribution >= 4 is 43.6 Å². The zero-order valence-electron chi connectivity index (χ0n) is 42.0. The summed E-state index contributed by atoms with van der Waals surface area (Å²) < 4.78 is 83.6. The predicted molar refractivity (Wildman–Crippen MR) is 305 cm³/mol. The van der Waals surface area contributed by atoms with Gasteiger partial charge in [-0.2, -0.15) is 13.2 Å². The fourth-order valence-corrected chi connectivity index (χ4v) is 10.7. The topological polar surface area (TPSA) is 87.2 Å². The lowest BCUT2D eigenvalue weighted by molar-refractivity contribution is -0.137. The van der Waals surface area contributed by atoms with Gasteiger partial charge in [0.15, 0.2) is 34.9 Å². The van der Waals surface area contributed by atoms with Gasteiger partial charge >= 0.3 is 6.18 Å². The van der Waals surface area contributed by atoms with Gasteiger partial charge in [0.2, 0.25) is 0 Å². The molecule has 0 aliphatic carbocycles. The Morgan fingerprint density at radius 3 is 0.938 bits per heavy atom. The number of fused-ring (bicyclic) bond motifs is 6. The van der Waals surface area contributed by atoms with Crippen molar-refractivity contribution in [2.45, 2.75) is 6.18 Å². The molecule has 0 spiro atoms. The number of hydrogen-bond acceptors (Lipinski definition) is 6. The van der Waals surface area contributed by atoms with Crippen LogP contribution in [0.4, 0.5) is 22.0 Å². The Bertz CT molecular complexity index is 4320. The van der Waals surface area contributed by atoms with Gasteiger partial charge in [-0.25, -0.2) is 38.7 Å². The van der Waals surface area contributed by atoms with E-state index >= 15 is 22.0 Å². The molecule has 382 valence electrons. The third-order valence-electron chi connectivity index (χ3n) is 14.3. The van der Waals surface area contributed by atoms with Gasteiger partial charge in [0.1, 0.15) is 11.6 Å². The lowest BCUT2D eigenvalue weighted by Crippen LogP contribution is -2.11. The number of aromatic nitrogens is 8. The second kappa shape index (κ2) is 19.2. The molecule has 14 aromatic rings. The largest absolute Gasteiger partial charge is 0.416 e. The van der Waals surface area contributed by atoms with E-state index in [4.69, 9.17) is 29.9 Å². The van der Waals surface area contributed by atoms with E-state index in [9.17, 15) is 0 Å². The summed E-state index contributed by atoms with van der Waals surface area (Å²) in [5, 5.41) is 2.84. The van der Waals surface area contributed by atoms with Crippen LogP contribution in [0.2, 0.25) is 0 Å². The molecule has 0 amide bonds. The van der Waals surface area contributed by atoms with Gasteiger partial charge in [0, 0.05) is 66.6 Å². The first-order chi connectivity index (χ1) is 39.1. The van der Waals surface area contributed by atoms with Crippen molar-refractivity contribution in [2.75, 3.05) is 0 Å². The van der Waals surface area contributed by atoms with E-state index in [0.717, 1.165) is 63.4 Å². The molecule has 80 heavy (non-hydrogen) atoms. The molecule has 4 heterocycles. The van der Waals surface area contributed by atoms with Crippen molar-refractivity contribution < 1.29 is 22.0 Å². The van der Waals surface area contributed by atoms with Crippen molar-refractivity contribution in [3.63, 3.8) is 0 Å². The standard InChI is InChI=1S/C67H39F5N8/c68-48-33-46(34-49(69)39-48)60-58(79-54-27-15-13-25-50(54)52-31-29-44(35-56(52)79)65-75-61(40-17-5-1-6-18-40)73-62(76-65)41-19-7-2-8-20-41)37-47(67(70,71)72)38-59(60)80-55-28-16-14-26-51(55)53-32-30-45(36-57(53)80)66-77-63(42-21-9-3-10-22-42)74-64(78-66)43-23-11-4-12-24-43/h1-39H. The number of benzene rings is 10. The van der Waals surface area contributed by atoms with Gasteiger partial charge in [-0.3, -0.25) is 0 Å². The average molecular weight is 1050 g/mol. The number of halogens is 5. The summed E-state index contributed by atoms with van der Waals surface area (Å²) in [6.45, 7) is 0. The Balaban J connectivity index is 1.07. The second-order valence-corrected chi connectivity index (χ2v) is 19.3. The maximum Gasteiger partial charge on any atom is 0.416 e. The third kappa shape index (κ3) is 8.48. The molecule has 4 aromatic heterocycles. The molecule has 10 aromatic carbocycles. The quantitative estimate of drug-likeness (QED) is 0.134. The minimum absolute atomic E-state index is 0.000316. The monoisotopic (exact) mass is 1050 g/mol. The summed E-state index contributed by atoms with van der Waals surface area (Å²) in [6, 6.07) is 69.3. The summed E-state index contributed by atoms with van der Waals surface area (Å²) >= 11 is 0. The Labute approximate surface area is 453 Å². The SMILES string of the molecule is Fc1cc(F)cc(-c2c(-n3c4ccccc4c4ccc(-c5nc(-c6ccccc6)nc(-c6ccccc6)n5)cc43)cc(C(F)(F)F)cc2-n2c3ccccc3c3ccc(-c4nc(-c5ccccc5)nc(-c5ccccc5)n4)cc32)c1. The zero-order chi connectivity index (χ0) is 54.1. The van der Waals surface area contributed by atoms with E-state index in [2.05, 4.69) is 0 Å². The molecule has 8 nitrogen and oxygen atoms in total. The fraction of sp³-hybridized carbons (Fsp3) is 0.0149. The summed E-state index contributed by atoms with van der Waals surface area (Å²) in [7, 11) is 0. The molecule has 0 N–H and O–H groups in total. The molecule has 0 aliphatic heterocycles. The summed E-state index contributed by atoms with van der Waals surface area (Å²) in [6.07, 6.45) is -4.91. The van der Waals surface area contributed by atoms with E-state index in [0.29, 0.717) is 78.9 Å². The Hall–Kier alpha value is -10.5. The highest BCUT2D eigenvalue weighted by atomic mass is 19.4. The average Bonchev–Trinajstić information content (AvgIpc) is 4.14. The van der Waals surface area contributed by atoms with Crippen LogP contribution >= 0.6 is 0 Å². The smallest absolute Gasteiger partial charge is 0.309 e. The fourth-order valence-electron chi connectivity index (χ4n) is 10.7. The van der Waals surface area contributed by atoms with Gasteiger partial charge in [-0.15, -0.1) is 0 Å². The minimum Gasteiger partial charge on any atom is -0.309 e. The maximum absolute atomic E-state index is 16.0. The third-order valence-corrected chi connectivity index (χ3v) is 14.3. The summed E-state index contributed by atoms with van der Waals surface area (Å²) in [5.41, 5.74) is 5.29. The number of hydrogen-bond donors (Lipinski definition) is 0. The number of rotatable bonds is 9. The van der Waals surface area contributed by atoms with Crippen LogP contribution in [0.15, 0.2) is 237 Å². The van der Waals surface area contributed by atoms with Gasteiger partial charge in [-0.1, -0.05) is 182 Å². The molecule has 0 aliphatic rings. The first kappa shape index (κ1) is 47.9. The van der Waals surface area contributed by atoms with Gasteiger partial charge < -0.3 is 9.13 Å². The van der Waals surface area contributed by atoms with E-state index < -0.39 is 23.4 Å². The molecular formula is C67H39F5N8. The van der Waals surface area contributed by atoms with Crippen LogP contribution in [-0.4, -0.2) is 39.0 Å². The lowest BCUT2D eigenvalue weighted by atomic mass is 9.97. The Morgan fingerprint density at radius 1 is 0.275 bits per heavy atom. The second-order valence-electron chi connectivity index (χ2n) is 19.3. The Kier molecular flexibility index (Phi) is 11.5. The molecule has 0 unspecified atom stereocenters.